The highest BCUT2D eigenvalue weighted by molar-refractivity contribution is 6.25. The molecule has 13 heteroatoms. The number of phenolic OH excluding ortho intramolecular Hbond substituents is 1. The molecular formula is C27H32N4O9. The largest absolute Gasteiger partial charge is 0.510 e. The van der Waals surface area contributed by atoms with E-state index in [0.717, 1.165) is 12.8 Å². The lowest BCUT2D eigenvalue weighted by molar-refractivity contribution is -0.162. The number of nitrogens with one attached hydrogen (secondary N) is 1. The number of ketones is 2. The van der Waals surface area contributed by atoms with Gasteiger partial charge in [0.1, 0.15) is 22.8 Å². The summed E-state index contributed by atoms with van der Waals surface area (Å²) in [7, 11) is 2.93. The number of aliphatic hydroxyl groups is 4. The van der Waals surface area contributed by atoms with Gasteiger partial charge in [0.25, 0.3) is 5.91 Å². The number of hydrogen-bond donors (Lipinski definition) is 7. The van der Waals surface area contributed by atoms with E-state index in [4.69, 9.17) is 5.73 Å². The van der Waals surface area contributed by atoms with Gasteiger partial charge in [-0.1, -0.05) is 6.92 Å². The van der Waals surface area contributed by atoms with E-state index in [9.17, 15) is 44.7 Å². The van der Waals surface area contributed by atoms with E-state index in [0.29, 0.717) is 13.1 Å². The fraction of sp³-hybridized carbons (Fsp3) is 0.481. The summed E-state index contributed by atoms with van der Waals surface area (Å²) in [4.78, 5) is 55.3. The molecule has 0 aromatic heterocycles. The molecule has 3 aliphatic carbocycles. The molecule has 6 unspecified atom stereocenters. The number of amides is 3. The summed E-state index contributed by atoms with van der Waals surface area (Å²) >= 11 is 0. The van der Waals surface area contributed by atoms with Gasteiger partial charge < -0.3 is 41.5 Å². The quantitative estimate of drug-likeness (QED) is 0.199. The van der Waals surface area contributed by atoms with E-state index in [1.807, 2.05) is 0 Å². The van der Waals surface area contributed by atoms with Crippen LogP contribution in [0.15, 0.2) is 34.8 Å². The van der Waals surface area contributed by atoms with E-state index >= 15 is 0 Å². The summed E-state index contributed by atoms with van der Waals surface area (Å²) in [5, 5.41) is 59.3. The van der Waals surface area contributed by atoms with Gasteiger partial charge in [-0.15, -0.1) is 0 Å². The monoisotopic (exact) mass is 556 g/mol. The van der Waals surface area contributed by atoms with Crippen molar-refractivity contribution < 1.29 is 44.7 Å². The summed E-state index contributed by atoms with van der Waals surface area (Å²) in [6, 6.07) is 0.892. The molecule has 8 N–H and O–H groups in total. The number of anilines is 1. The maximum Gasteiger partial charge on any atom is 0.321 e. The van der Waals surface area contributed by atoms with Gasteiger partial charge in [0.15, 0.2) is 11.4 Å². The number of carbonyl (C=O) groups is 4. The Kier molecular flexibility index (Phi) is 6.44. The number of phenols is 1. The Morgan fingerprint density at radius 3 is 2.33 bits per heavy atom. The van der Waals surface area contributed by atoms with Crippen LogP contribution < -0.4 is 11.1 Å². The molecule has 1 saturated heterocycles. The van der Waals surface area contributed by atoms with Gasteiger partial charge in [0.2, 0.25) is 5.78 Å². The van der Waals surface area contributed by atoms with Crippen LogP contribution in [0.25, 0.3) is 0 Å². The lowest BCUT2D eigenvalue weighted by atomic mass is 9.55. The number of fused-ring (bicyclic) bond motifs is 3. The Labute approximate surface area is 229 Å². The molecule has 0 spiro atoms. The first-order valence-electron chi connectivity index (χ1n) is 13.0. The molecule has 40 heavy (non-hydrogen) atoms. The van der Waals surface area contributed by atoms with Gasteiger partial charge in [-0.25, -0.2) is 4.79 Å². The summed E-state index contributed by atoms with van der Waals surface area (Å²) in [6.45, 7) is 2.74. The first kappa shape index (κ1) is 27.6. The molecule has 3 amide bonds. The molecule has 1 heterocycles. The van der Waals surface area contributed by atoms with Gasteiger partial charge in [-0.2, -0.15) is 0 Å². The van der Waals surface area contributed by atoms with Gasteiger partial charge in [0.05, 0.1) is 23.6 Å². The van der Waals surface area contributed by atoms with Gasteiger partial charge >= 0.3 is 6.03 Å². The van der Waals surface area contributed by atoms with E-state index in [1.165, 1.54) is 31.1 Å². The molecule has 0 saturated carbocycles. The van der Waals surface area contributed by atoms with Crippen molar-refractivity contribution >= 4 is 29.2 Å². The van der Waals surface area contributed by atoms with Crippen molar-refractivity contribution in [3.63, 3.8) is 0 Å². The number of likely N-dealkylation sites (N-methyl/N-ethyl adjacent to an activating group) is 1. The number of primary amides is 1. The fourth-order valence-corrected chi connectivity index (χ4v) is 6.93. The zero-order valence-corrected chi connectivity index (χ0v) is 22.2. The lowest BCUT2D eigenvalue weighted by Gasteiger charge is -2.53. The number of carbonyl (C=O) groups excluding carboxylic acids is 4. The van der Waals surface area contributed by atoms with Crippen LogP contribution in [0.4, 0.5) is 10.5 Å². The standard InChI is InChI=1S/C27H32N4O9/c1-10-13-11(29-26(39)31-8-4-5-9-31)6-7-12(32)15(13)20(33)16-14(10)21(34)18-19(30(2)3)22(35)17(25(28)38)24(37)27(18,40)23(16)36/h6-7,10,14,18-19,21,32,34-36,40H,4-5,8-9H2,1-3H3,(H2,28,38)(H,29,39). The molecule has 0 radical (unpaired) electrons. The molecule has 1 aromatic rings. The highest BCUT2D eigenvalue weighted by atomic mass is 16.4. The Balaban J connectivity index is 1.71. The third-order valence-electron chi connectivity index (χ3n) is 8.74. The van der Waals surface area contributed by atoms with Crippen LogP contribution in [0, 0.1) is 11.8 Å². The smallest absolute Gasteiger partial charge is 0.321 e. The predicted molar refractivity (Wildman–Crippen MR) is 140 cm³/mol. The first-order valence-corrected chi connectivity index (χ1v) is 13.0. The molecular weight excluding hydrogens is 524 g/mol. The first-order chi connectivity index (χ1) is 18.7. The zero-order valence-electron chi connectivity index (χ0n) is 22.2. The number of nitrogens with two attached hydrogens (primary N) is 1. The van der Waals surface area contributed by atoms with Gasteiger partial charge in [-0.05, 0) is 50.6 Å². The number of aliphatic hydroxyl groups excluding tert-OH is 3. The number of nitrogens with zero attached hydrogens (tertiary/aromatic N) is 2. The predicted octanol–water partition coefficient (Wildman–Crippen LogP) is 0.280. The van der Waals surface area contributed by atoms with Crippen LogP contribution in [0.3, 0.4) is 0 Å². The minimum atomic E-state index is -2.99. The number of hydrogen-bond acceptors (Lipinski definition) is 10. The summed E-state index contributed by atoms with van der Waals surface area (Å²) in [5.74, 6) is -9.81. The third-order valence-corrected chi connectivity index (χ3v) is 8.74. The Morgan fingerprint density at radius 2 is 1.75 bits per heavy atom. The van der Waals surface area contributed by atoms with Crippen LogP contribution in [0.2, 0.25) is 0 Å². The van der Waals surface area contributed by atoms with Crippen molar-refractivity contribution in [2.75, 3.05) is 32.5 Å². The van der Waals surface area contributed by atoms with E-state index < -0.39 is 87.4 Å². The highest BCUT2D eigenvalue weighted by Gasteiger charge is 2.67. The number of benzene rings is 1. The SMILES string of the molecule is CC1c2c(NC(=O)N3CCCC3)ccc(O)c2C(=O)C2=C(O)C3(O)C(=O)C(C(N)=O)=C(O)C(N(C)C)C3C(O)C21. The molecule has 0 bridgehead atoms. The van der Waals surface area contributed by atoms with Crippen molar-refractivity contribution in [3.05, 3.63) is 45.9 Å². The summed E-state index contributed by atoms with van der Waals surface area (Å²) in [6.07, 6.45) is -0.0145. The van der Waals surface area contributed by atoms with Crippen LogP contribution in [0.5, 0.6) is 5.75 Å². The average Bonchev–Trinajstić information content (AvgIpc) is 3.42. The molecule has 1 aromatic carbocycles. The summed E-state index contributed by atoms with van der Waals surface area (Å²) in [5.41, 5.74) is 1.05. The molecule has 6 atom stereocenters. The van der Waals surface area contributed by atoms with Gasteiger partial charge in [0, 0.05) is 30.3 Å². The molecule has 1 fully saturated rings. The number of likely N-dealkylation sites (tertiary alicyclic amines) is 1. The second-order valence-corrected chi connectivity index (χ2v) is 11.1. The number of Topliss-reactive ketones (excluding diaryl/α,β-unsaturated/α-hetero) is 2. The number of rotatable bonds is 3. The topological polar surface area (TPSA) is 214 Å². The van der Waals surface area contributed by atoms with Crippen molar-refractivity contribution in [1.82, 2.24) is 9.80 Å². The highest BCUT2D eigenvalue weighted by Crippen LogP contribution is 2.56. The summed E-state index contributed by atoms with van der Waals surface area (Å²) < 4.78 is 0. The van der Waals surface area contributed by atoms with E-state index in [1.54, 1.807) is 11.8 Å². The Morgan fingerprint density at radius 1 is 1.12 bits per heavy atom. The number of aromatic hydroxyl groups is 1. The van der Waals surface area contributed by atoms with Gasteiger partial charge in [-0.3, -0.25) is 19.3 Å². The lowest BCUT2D eigenvalue weighted by Crippen LogP contribution is -2.68. The molecule has 214 valence electrons. The number of urea groups is 1. The third kappa shape index (κ3) is 3.57. The van der Waals surface area contributed by atoms with Crippen molar-refractivity contribution in [3.8, 4) is 5.75 Å². The Hall–Kier alpha value is -3.94. The zero-order chi connectivity index (χ0) is 29.4. The minimum Gasteiger partial charge on any atom is -0.510 e. The van der Waals surface area contributed by atoms with E-state index in [2.05, 4.69) is 5.32 Å². The maximum atomic E-state index is 13.9. The normalized spacial score (nSPS) is 31.8. The van der Waals surface area contributed by atoms with Crippen molar-refractivity contribution in [1.29, 1.82) is 0 Å². The van der Waals surface area contributed by atoms with Crippen LogP contribution in [-0.2, 0) is 9.59 Å². The second-order valence-electron chi connectivity index (χ2n) is 11.1. The van der Waals surface area contributed by atoms with Crippen molar-refractivity contribution in [2.45, 2.75) is 43.4 Å². The minimum absolute atomic E-state index is 0.213. The fourth-order valence-electron chi connectivity index (χ4n) is 6.93. The van der Waals surface area contributed by atoms with Crippen molar-refractivity contribution in [2.24, 2.45) is 17.6 Å². The van der Waals surface area contributed by atoms with Crippen LogP contribution >= 0.6 is 0 Å². The maximum absolute atomic E-state index is 13.9. The average molecular weight is 557 g/mol. The molecule has 13 nitrogen and oxygen atoms in total. The molecule has 5 rings (SSSR count). The van der Waals surface area contributed by atoms with Crippen LogP contribution in [0.1, 0.15) is 41.6 Å². The van der Waals surface area contributed by atoms with Crippen LogP contribution in [-0.4, -0.2) is 104 Å². The second kappa shape index (κ2) is 9.32. The molecule has 1 aliphatic heterocycles. The molecule has 4 aliphatic rings. The Bertz CT molecular complexity index is 1410. The van der Waals surface area contributed by atoms with E-state index in [-0.39, 0.29) is 16.8 Å².